The van der Waals surface area contributed by atoms with Crippen molar-refractivity contribution in [1.82, 2.24) is 14.8 Å². The summed E-state index contributed by atoms with van der Waals surface area (Å²) in [6.45, 7) is 9.16. The summed E-state index contributed by atoms with van der Waals surface area (Å²) in [7, 11) is 0. The van der Waals surface area contributed by atoms with Crippen LogP contribution in [0.4, 0.5) is 5.69 Å². The van der Waals surface area contributed by atoms with Gasteiger partial charge < -0.3 is 5.32 Å². The molecule has 0 aliphatic carbocycles. The number of aryl methyl sites for hydroxylation is 1. The molecule has 0 spiro atoms. The molecule has 0 aromatic carbocycles. The molecule has 0 fully saturated rings. The van der Waals surface area contributed by atoms with Crippen LogP contribution in [0, 0.1) is 13.8 Å². The molecule has 2 rings (SSSR count). The monoisotopic (exact) mass is 322 g/mol. The number of halogens is 1. The Morgan fingerprint density at radius 1 is 1.32 bits per heavy atom. The van der Waals surface area contributed by atoms with Gasteiger partial charge in [-0.3, -0.25) is 9.67 Å². The van der Waals surface area contributed by atoms with Crippen LogP contribution in [0.25, 0.3) is 0 Å². The lowest BCUT2D eigenvalue weighted by Gasteiger charge is -2.10. The maximum Gasteiger partial charge on any atom is 0.0828 e. The Bertz CT molecular complexity index is 575. The topological polar surface area (TPSA) is 42.7 Å². The summed E-state index contributed by atoms with van der Waals surface area (Å²) in [5, 5.41) is 8.02. The van der Waals surface area contributed by atoms with Crippen LogP contribution in [-0.4, -0.2) is 14.8 Å². The SMILES string of the molecule is Cc1nn(C(C)C)c(C)c1NCc1cncc(Br)c1. The minimum atomic E-state index is 0.377. The van der Waals surface area contributed by atoms with E-state index in [1.165, 1.54) is 5.69 Å². The molecular weight excluding hydrogens is 304 g/mol. The van der Waals surface area contributed by atoms with Crippen LogP contribution in [0.3, 0.4) is 0 Å². The van der Waals surface area contributed by atoms with Crippen molar-refractivity contribution in [2.24, 2.45) is 0 Å². The van der Waals surface area contributed by atoms with Gasteiger partial charge in [0, 0.05) is 29.5 Å². The molecule has 0 radical (unpaired) electrons. The van der Waals surface area contributed by atoms with E-state index in [1.54, 1.807) is 6.20 Å². The number of nitrogens with one attached hydrogen (secondary N) is 1. The molecule has 102 valence electrons. The van der Waals surface area contributed by atoms with E-state index >= 15 is 0 Å². The standard InChI is InChI=1S/C14H19BrN4/c1-9(2)19-11(4)14(10(3)18-19)17-7-12-5-13(15)8-16-6-12/h5-6,8-9,17H,7H2,1-4H3. The first-order valence-electron chi connectivity index (χ1n) is 6.38. The second-order valence-corrected chi connectivity index (χ2v) is 5.86. The van der Waals surface area contributed by atoms with Crippen molar-refractivity contribution >= 4 is 21.6 Å². The smallest absolute Gasteiger partial charge is 0.0828 e. The van der Waals surface area contributed by atoms with Crippen LogP contribution in [0.5, 0.6) is 0 Å². The predicted molar refractivity (Wildman–Crippen MR) is 81.3 cm³/mol. The van der Waals surface area contributed by atoms with E-state index in [2.05, 4.69) is 62.8 Å². The van der Waals surface area contributed by atoms with E-state index in [0.717, 1.165) is 28.0 Å². The molecule has 0 saturated heterocycles. The lowest BCUT2D eigenvalue weighted by atomic mass is 10.2. The Balaban J connectivity index is 2.16. The molecule has 0 bridgehead atoms. The van der Waals surface area contributed by atoms with Crippen LogP contribution in [0.2, 0.25) is 0 Å². The van der Waals surface area contributed by atoms with Gasteiger partial charge in [0.05, 0.1) is 17.1 Å². The highest BCUT2D eigenvalue weighted by molar-refractivity contribution is 9.10. The van der Waals surface area contributed by atoms with E-state index in [0.29, 0.717) is 6.04 Å². The van der Waals surface area contributed by atoms with Crippen LogP contribution in [0.1, 0.15) is 36.8 Å². The van der Waals surface area contributed by atoms with Crippen LogP contribution in [-0.2, 0) is 6.54 Å². The van der Waals surface area contributed by atoms with Crippen LogP contribution < -0.4 is 5.32 Å². The lowest BCUT2D eigenvalue weighted by molar-refractivity contribution is 0.516. The van der Waals surface area contributed by atoms with Gasteiger partial charge >= 0.3 is 0 Å². The second-order valence-electron chi connectivity index (χ2n) is 4.95. The Labute approximate surface area is 122 Å². The van der Waals surface area contributed by atoms with Crippen LogP contribution >= 0.6 is 15.9 Å². The number of aromatic nitrogens is 3. The molecule has 4 nitrogen and oxygen atoms in total. The van der Waals surface area contributed by atoms with Gasteiger partial charge in [-0.05, 0) is 55.3 Å². The minimum absolute atomic E-state index is 0.377. The number of nitrogens with zero attached hydrogens (tertiary/aromatic N) is 3. The number of hydrogen-bond acceptors (Lipinski definition) is 3. The Morgan fingerprint density at radius 2 is 2.05 bits per heavy atom. The van der Waals surface area contributed by atoms with E-state index < -0.39 is 0 Å². The van der Waals surface area contributed by atoms with Gasteiger partial charge in [0.2, 0.25) is 0 Å². The summed E-state index contributed by atoms with van der Waals surface area (Å²) in [4.78, 5) is 4.17. The molecule has 0 amide bonds. The van der Waals surface area contributed by atoms with E-state index in [1.807, 2.05) is 13.1 Å². The third-order valence-corrected chi connectivity index (χ3v) is 3.48. The Hall–Kier alpha value is -1.36. The summed E-state index contributed by atoms with van der Waals surface area (Å²) in [6.07, 6.45) is 3.66. The maximum absolute atomic E-state index is 4.57. The molecule has 2 heterocycles. The number of hydrogen-bond donors (Lipinski definition) is 1. The molecule has 0 aliphatic rings. The van der Waals surface area contributed by atoms with Crippen molar-refractivity contribution in [1.29, 1.82) is 0 Å². The van der Waals surface area contributed by atoms with E-state index in [9.17, 15) is 0 Å². The first-order valence-corrected chi connectivity index (χ1v) is 7.17. The molecule has 0 atom stereocenters. The fraction of sp³-hybridized carbons (Fsp3) is 0.429. The summed E-state index contributed by atoms with van der Waals surface area (Å²) in [6, 6.07) is 2.44. The van der Waals surface area contributed by atoms with Crippen molar-refractivity contribution in [3.63, 3.8) is 0 Å². The van der Waals surface area contributed by atoms with Gasteiger partial charge in [0.25, 0.3) is 0 Å². The van der Waals surface area contributed by atoms with Crippen molar-refractivity contribution in [2.75, 3.05) is 5.32 Å². The van der Waals surface area contributed by atoms with Gasteiger partial charge in [-0.25, -0.2) is 0 Å². The van der Waals surface area contributed by atoms with Gasteiger partial charge in [0.1, 0.15) is 0 Å². The van der Waals surface area contributed by atoms with Crippen molar-refractivity contribution in [2.45, 2.75) is 40.3 Å². The normalized spacial score (nSPS) is 11.1. The first-order chi connectivity index (χ1) is 8.99. The minimum Gasteiger partial charge on any atom is -0.378 e. The molecule has 0 unspecified atom stereocenters. The van der Waals surface area contributed by atoms with E-state index in [4.69, 9.17) is 0 Å². The number of rotatable bonds is 4. The quantitative estimate of drug-likeness (QED) is 0.929. The first kappa shape index (κ1) is 14.1. The fourth-order valence-electron chi connectivity index (χ4n) is 2.16. The van der Waals surface area contributed by atoms with E-state index in [-0.39, 0.29) is 0 Å². The zero-order valence-corrected chi connectivity index (χ0v) is 13.3. The predicted octanol–water partition coefficient (Wildman–Crippen LogP) is 3.85. The highest BCUT2D eigenvalue weighted by atomic mass is 79.9. The summed E-state index contributed by atoms with van der Waals surface area (Å²) in [5.74, 6) is 0. The average Bonchev–Trinajstić information content (AvgIpc) is 2.63. The maximum atomic E-state index is 4.57. The highest BCUT2D eigenvalue weighted by Crippen LogP contribution is 2.23. The van der Waals surface area contributed by atoms with Crippen molar-refractivity contribution in [3.05, 3.63) is 39.9 Å². The summed E-state index contributed by atoms with van der Waals surface area (Å²) < 4.78 is 3.05. The summed E-state index contributed by atoms with van der Waals surface area (Å²) >= 11 is 3.43. The van der Waals surface area contributed by atoms with Crippen molar-refractivity contribution in [3.8, 4) is 0 Å². The largest absolute Gasteiger partial charge is 0.378 e. The lowest BCUT2D eigenvalue weighted by Crippen LogP contribution is -2.06. The number of pyridine rings is 1. The average molecular weight is 323 g/mol. The zero-order chi connectivity index (χ0) is 14.0. The van der Waals surface area contributed by atoms with Crippen molar-refractivity contribution < 1.29 is 0 Å². The van der Waals surface area contributed by atoms with Gasteiger partial charge in [-0.1, -0.05) is 0 Å². The van der Waals surface area contributed by atoms with Crippen LogP contribution in [0.15, 0.2) is 22.9 Å². The molecular formula is C14H19BrN4. The summed E-state index contributed by atoms with van der Waals surface area (Å²) in [5.41, 5.74) is 4.48. The third-order valence-electron chi connectivity index (χ3n) is 3.04. The van der Waals surface area contributed by atoms with Gasteiger partial charge in [-0.2, -0.15) is 5.10 Å². The van der Waals surface area contributed by atoms with Gasteiger partial charge in [-0.15, -0.1) is 0 Å². The Morgan fingerprint density at radius 3 is 2.63 bits per heavy atom. The number of anilines is 1. The molecule has 0 aliphatic heterocycles. The fourth-order valence-corrected chi connectivity index (χ4v) is 2.58. The molecule has 19 heavy (non-hydrogen) atoms. The molecule has 2 aromatic heterocycles. The molecule has 5 heteroatoms. The zero-order valence-electron chi connectivity index (χ0n) is 11.7. The highest BCUT2D eigenvalue weighted by Gasteiger charge is 2.12. The van der Waals surface area contributed by atoms with Gasteiger partial charge in [0.15, 0.2) is 0 Å². The Kier molecular flexibility index (Phi) is 4.24. The second kappa shape index (κ2) is 5.74. The molecule has 1 N–H and O–H groups in total. The molecule has 2 aromatic rings. The molecule has 0 saturated carbocycles. The third kappa shape index (κ3) is 3.15.